The van der Waals surface area contributed by atoms with Gasteiger partial charge in [-0.05, 0) is 30.3 Å². The molecule has 6 nitrogen and oxygen atoms in total. The maximum atomic E-state index is 12.2. The van der Waals surface area contributed by atoms with Gasteiger partial charge in [-0.15, -0.1) is 0 Å². The van der Waals surface area contributed by atoms with Crippen LogP contribution in [0.4, 0.5) is 5.69 Å². The lowest BCUT2D eigenvalue weighted by Crippen LogP contribution is -2.20. The van der Waals surface area contributed by atoms with Crippen LogP contribution in [0.25, 0.3) is 0 Å². The van der Waals surface area contributed by atoms with Crippen molar-refractivity contribution in [3.05, 3.63) is 78.6 Å². The summed E-state index contributed by atoms with van der Waals surface area (Å²) in [6, 6.07) is 18.2. The van der Waals surface area contributed by atoms with Crippen LogP contribution in [0.2, 0.25) is 0 Å². The highest BCUT2D eigenvalue weighted by molar-refractivity contribution is 5.92. The van der Waals surface area contributed by atoms with Crippen LogP contribution in [0.3, 0.4) is 0 Å². The number of hydrogen-bond donors (Lipinski definition) is 1. The molecule has 6 heteroatoms. The normalized spacial score (nSPS) is 10.1. The molecule has 1 aromatic heterocycles. The van der Waals surface area contributed by atoms with E-state index in [4.69, 9.17) is 14.2 Å². The Morgan fingerprint density at radius 2 is 1.85 bits per heavy atom. The van der Waals surface area contributed by atoms with Gasteiger partial charge in [0, 0.05) is 29.7 Å². The first-order valence-electron chi connectivity index (χ1n) is 8.42. The molecule has 0 aliphatic rings. The molecular formula is C21H20N2O4. The summed E-state index contributed by atoms with van der Waals surface area (Å²) in [5, 5.41) is 2.79. The molecule has 0 spiro atoms. The largest absolute Gasteiger partial charge is 0.493 e. The fourth-order valence-corrected chi connectivity index (χ4v) is 2.39. The van der Waals surface area contributed by atoms with Crippen molar-refractivity contribution < 1.29 is 19.0 Å². The first-order valence-corrected chi connectivity index (χ1v) is 8.42. The number of nitrogens with one attached hydrogen (secondary N) is 1. The molecule has 0 bridgehead atoms. The van der Waals surface area contributed by atoms with Crippen LogP contribution in [-0.4, -0.2) is 24.6 Å². The van der Waals surface area contributed by atoms with Crippen molar-refractivity contribution in [1.29, 1.82) is 0 Å². The Balaban J connectivity index is 1.53. The molecular weight excluding hydrogens is 344 g/mol. The van der Waals surface area contributed by atoms with E-state index in [-0.39, 0.29) is 12.5 Å². The van der Waals surface area contributed by atoms with Gasteiger partial charge in [-0.25, -0.2) is 0 Å². The van der Waals surface area contributed by atoms with Crippen molar-refractivity contribution in [1.82, 2.24) is 4.98 Å². The van der Waals surface area contributed by atoms with Gasteiger partial charge in [0.2, 0.25) is 0 Å². The number of aromatic nitrogens is 1. The topological polar surface area (TPSA) is 69.7 Å². The van der Waals surface area contributed by atoms with Crippen molar-refractivity contribution in [2.24, 2.45) is 0 Å². The highest BCUT2D eigenvalue weighted by Crippen LogP contribution is 2.25. The molecule has 0 unspecified atom stereocenters. The summed E-state index contributed by atoms with van der Waals surface area (Å²) >= 11 is 0. The number of methoxy groups -OCH3 is 1. The highest BCUT2D eigenvalue weighted by atomic mass is 16.5. The lowest BCUT2D eigenvalue weighted by molar-refractivity contribution is -0.118. The third kappa shape index (κ3) is 5.47. The smallest absolute Gasteiger partial charge is 0.262 e. The molecule has 3 aromatic rings. The first-order chi connectivity index (χ1) is 13.2. The molecule has 0 saturated carbocycles. The summed E-state index contributed by atoms with van der Waals surface area (Å²) in [7, 11) is 1.55. The van der Waals surface area contributed by atoms with E-state index in [1.807, 2.05) is 36.4 Å². The van der Waals surface area contributed by atoms with Crippen molar-refractivity contribution in [2.45, 2.75) is 6.61 Å². The van der Waals surface area contributed by atoms with Crippen LogP contribution in [-0.2, 0) is 11.4 Å². The van der Waals surface area contributed by atoms with Crippen LogP contribution < -0.4 is 19.5 Å². The number of ether oxygens (including phenoxy) is 3. The molecule has 1 N–H and O–H groups in total. The number of rotatable bonds is 8. The molecule has 0 atom stereocenters. The number of pyridine rings is 1. The lowest BCUT2D eigenvalue weighted by Gasteiger charge is -2.11. The first kappa shape index (κ1) is 18.3. The van der Waals surface area contributed by atoms with Gasteiger partial charge in [0.25, 0.3) is 5.91 Å². The van der Waals surface area contributed by atoms with Crippen LogP contribution in [0.1, 0.15) is 5.56 Å². The zero-order valence-electron chi connectivity index (χ0n) is 14.9. The number of hydrogen-bond acceptors (Lipinski definition) is 5. The second kappa shape index (κ2) is 9.24. The summed E-state index contributed by atoms with van der Waals surface area (Å²) in [6.45, 7) is 0.281. The van der Waals surface area contributed by atoms with E-state index in [0.717, 1.165) is 5.56 Å². The van der Waals surface area contributed by atoms with Gasteiger partial charge in [-0.3, -0.25) is 9.78 Å². The Morgan fingerprint density at radius 1 is 1.00 bits per heavy atom. The van der Waals surface area contributed by atoms with Gasteiger partial charge in [0.05, 0.1) is 7.11 Å². The summed E-state index contributed by atoms with van der Waals surface area (Å²) in [5.41, 5.74) is 1.60. The average Bonchev–Trinajstić information content (AvgIpc) is 2.72. The van der Waals surface area contributed by atoms with Gasteiger partial charge >= 0.3 is 0 Å². The Labute approximate surface area is 157 Å². The summed E-state index contributed by atoms with van der Waals surface area (Å²) in [6.07, 6.45) is 3.47. The molecule has 0 saturated heterocycles. The minimum atomic E-state index is -0.273. The number of benzene rings is 2. The second-order valence-electron chi connectivity index (χ2n) is 5.67. The number of nitrogens with zero attached hydrogens (tertiary/aromatic N) is 1. The van der Waals surface area contributed by atoms with Gasteiger partial charge in [0.1, 0.15) is 12.4 Å². The fourth-order valence-electron chi connectivity index (χ4n) is 2.39. The quantitative estimate of drug-likeness (QED) is 0.660. The van der Waals surface area contributed by atoms with E-state index < -0.39 is 0 Å². The average molecular weight is 364 g/mol. The SMILES string of the molecule is COc1ccccc1OCC(=O)Nc1cccc(OCc2cccnc2)c1. The van der Waals surface area contributed by atoms with Crippen molar-refractivity contribution in [3.63, 3.8) is 0 Å². The van der Waals surface area contributed by atoms with E-state index in [2.05, 4.69) is 10.3 Å². The van der Waals surface area contributed by atoms with Crippen molar-refractivity contribution >= 4 is 11.6 Å². The lowest BCUT2D eigenvalue weighted by atomic mass is 10.3. The third-order valence-corrected chi connectivity index (χ3v) is 3.67. The van der Waals surface area contributed by atoms with Gasteiger partial charge in [0.15, 0.2) is 18.1 Å². The summed E-state index contributed by atoms with van der Waals surface area (Å²) in [4.78, 5) is 16.2. The number of para-hydroxylation sites is 2. The Kier molecular flexibility index (Phi) is 6.25. The maximum Gasteiger partial charge on any atom is 0.262 e. The zero-order chi connectivity index (χ0) is 18.9. The molecule has 0 aliphatic carbocycles. The molecule has 27 heavy (non-hydrogen) atoms. The standard InChI is InChI=1S/C21H20N2O4/c1-25-19-9-2-3-10-20(19)27-15-21(24)23-17-7-4-8-18(12-17)26-14-16-6-5-11-22-13-16/h2-13H,14-15H2,1H3,(H,23,24). The van der Waals surface area contributed by atoms with Crippen LogP contribution in [0, 0.1) is 0 Å². The predicted octanol–water partition coefficient (Wildman–Crippen LogP) is 3.69. The highest BCUT2D eigenvalue weighted by Gasteiger charge is 2.08. The van der Waals surface area contributed by atoms with E-state index >= 15 is 0 Å². The Hall–Kier alpha value is -3.54. The zero-order valence-corrected chi connectivity index (χ0v) is 14.9. The minimum Gasteiger partial charge on any atom is -0.493 e. The molecule has 1 heterocycles. The summed E-state index contributed by atoms with van der Waals surface area (Å²) < 4.78 is 16.5. The Morgan fingerprint density at radius 3 is 2.63 bits per heavy atom. The van der Waals surface area contributed by atoms with Gasteiger partial charge < -0.3 is 19.5 Å². The second-order valence-corrected chi connectivity index (χ2v) is 5.67. The van der Waals surface area contributed by atoms with Crippen molar-refractivity contribution in [2.75, 3.05) is 19.0 Å². The molecule has 1 amide bonds. The third-order valence-electron chi connectivity index (χ3n) is 3.67. The van der Waals surface area contributed by atoms with E-state index in [9.17, 15) is 4.79 Å². The van der Waals surface area contributed by atoms with Gasteiger partial charge in [-0.1, -0.05) is 24.3 Å². The molecule has 2 aromatic carbocycles. The molecule has 0 aliphatic heterocycles. The van der Waals surface area contributed by atoms with Crippen LogP contribution in [0.5, 0.6) is 17.2 Å². The van der Waals surface area contributed by atoms with E-state index in [0.29, 0.717) is 29.5 Å². The molecule has 0 radical (unpaired) electrons. The molecule has 3 rings (SSSR count). The fraction of sp³-hybridized carbons (Fsp3) is 0.143. The summed E-state index contributed by atoms with van der Waals surface area (Å²) in [5.74, 6) is 1.48. The van der Waals surface area contributed by atoms with Crippen LogP contribution in [0.15, 0.2) is 73.1 Å². The molecule has 138 valence electrons. The number of carbonyl (C=O) groups excluding carboxylic acids is 1. The monoisotopic (exact) mass is 364 g/mol. The van der Waals surface area contributed by atoms with E-state index in [1.54, 1.807) is 43.8 Å². The maximum absolute atomic E-state index is 12.2. The number of anilines is 1. The Bertz CT molecular complexity index is 884. The number of carbonyl (C=O) groups is 1. The number of amides is 1. The predicted molar refractivity (Wildman–Crippen MR) is 102 cm³/mol. The van der Waals surface area contributed by atoms with Gasteiger partial charge in [-0.2, -0.15) is 0 Å². The van der Waals surface area contributed by atoms with Crippen LogP contribution >= 0.6 is 0 Å². The van der Waals surface area contributed by atoms with Crippen molar-refractivity contribution in [3.8, 4) is 17.2 Å². The minimum absolute atomic E-state index is 0.124. The molecule has 0 fully saturated rings. The van der Waals surface area contributed by atoms with E-state index in [1.165, 1.54) is 0 Å².